The maximum atomic E-state index is 11.3. The number of nitrogens with one attached hydrogen (secondary N) is 2. The van der Waals surface area contributed by atoms with E-state index in [4.69, 9.17) is 5.11 Å². The third-order valence-corrected chi connectivity index (χ3v) is 2.76. The first-order chi connectivity index (χ1) is 7.08. The Labute approximate surface area is 89.2 Å². The number of carbonyl (C=O) groups excluding carboxylic acids is 1. The molecule has 5 nitrogen and oxygen atoms in total. The van der Waals surface area contributed by atoms with Crippen LogP contribution in [0.15, 0.2) is 0 Å². The molecule has 2 amide bonds. The van der Waals surface area contributed by atoms with E-state index in [-0.39, 0.29) is 18.0 Å². The zero-order valence-electron chi connectivity index (χ0n) is 9.01. The SMILES string of the molecule is CCC1(NC(=O)NCCCC(=O)O)CC1. The summed E-state index contributed by atoms with van der Waals surface area (Å²) < 4.78 is 0. The van der Waals surface area contributed by atoms with Crippen LogP contribution in [0.1, 0.15) is 39.0 Å². The highest BCUT2D eigenvalue weighted by atomic mass is 16.4. The average Bonchev–Trinajstić information content (AvgIpc) is 2.93. The van der Waals surface area contributed by atoms with Crippen LogP contribution >= 0.6 is 0 Å². The summed E-state index contributed by atoms with van der Waals surface area (Å²) in [5.41, 5.74) is 0.0247. The largest absolute Gasteiger partial charge is 0.481 e. The van der Waals surface area contributed by atoms with Gasteiger partial charge in [-0.25, -0.2) is 4.79 Å². The van der Waals surface area contributed by atoms with Crippen LogP contribution < -0.4 is 10.6 Å². The molecule has 1 rings (SSSR count). The Kier molecular flexibility index (Phi) is 3.94. The van der Waals surface area contributed by atoms with Crippen molar-refractivity contribution < 1.29 is 14.7 Å². The Bertz CT molecular complexity index is 249. The summed E-state index contributed by atoms with van der Waals surface area (Å²) >= 11 is 0. The molecule has 0 spiro atoms. The van der Waals surface area contributed by atoms with Gasteiger partial charge >= 0.3 is 12.0 Å². The Morgan fingerprint density at radius 3 is 2.53 bits per heavy atom. The second-order valence-corrected chi connectivity index (χ2v) is 4.01. The van der Waals surface area contributed by atoms with E-state index in [1.807, 2.05) is 0 Å². The van der Waals surface area contributed by atoms with E-state index in [2.05, 4.69) is 17.6 Å². The average molecular weight is 214 g/mol. The highest BCUT2D eigenvalue weighted by Gasteiger charge is 2.41. The number of carboxylic acid groups (broad SMARTS) is 1. The quantitative estimate of drug-likeness (QED) is 0.579. The van der Waals surface area contributed by atoms with Gasteiger partial charge in [-0.15, -0.1) is 0 Å². The van der Waals surface area contributed by atoms with Gasteiger partial charge in [0.2, 0.25) is 0 Å². The van der Waals surface area contributed by atoms with E-state index in [1.165, 1.54) is 0 Å². The van der Waals surface area contributed by atoms with Crippen LogP contribution in [0.5, 0.6) is 0 Å². The minimum absolute atomic E-state index is 0.0247. The van der Waals surface area contributed by atoms with Crippen LogP contribution in [-0.2, 0) is 4.79 Å². The second kappa shape index (κ2) is 5.00. The molecule has 0 aromatic rings. The summed E-state index contributed by atoms with van der Waals surface area (Å²) in [6, 6.07) is -0.181. The predicted octanol–water partition coefficient (Wildman–Crippen LogP) is 1.09. The van der Waals surface area contributed by atoms with Gasteiger partial charge in [0.1, 0.15) is 0 Å². The number of carboxylic acids is 1. The highest BCUT2D eigenvalue weighted by Crippen LogP contribution is 2.38. The standard InChI is InChI=1S/C10H18N2O3/c1-2-10(5-6-10)12-9(15)11-7-3-4-8(13)14/h2-7H2,1H3,(H,13,14)(H2,11,12,15). The lowest BCUT2D eigenvalue weighted by Gasteiger charge is -2.15. The molecule has 0 aliphatic heterocycles. The third kappa shape index (κ3) is 4.18. The first kappa shape index (κ1) is 11.8. The summed E-state index contributed by atoms with van der Waals surface area (Å²) in [6.07, 6.45) is 3.62. The zero-order valence-corrected chi connectivity index (χ0v) is 9.01. The Hall–Kier alpha value is -1.26. The topological polar surface area (TPSA) is 78.4 Å². The molecular weight excluding hydrogens is 196 g/mol. The molecule has 0 radical (unpaired) electrons. The lowest BCUT2D eigenvalue weighted by Crippen LogP contribution is -2.43. The van der Waals surface area contributed by atoms with E-state index in [9.17, 15) is 9.59 Å². The fraction of sp³-hybridized carbons (Fsp3) is 0.800. The number of carbonyl (C=O) groups is 2. The van der Waals surface area contributed by atoms with Crippen LogP contribution in [0.3, 0.4) is 0 Å². The van der Waals surface area contributed by atoms with E-state index in [1.54, 1.807) is 0 Å². The monoisotopic (exact) mass is 214 g/mol. The van der Waals surface area contributed by atoms with Crippen molar-refractivity contribution in [1.82, 2.24) is 10.6 Å². The van der Waals surface area contributed by atoms with Crippen LogP contribution in [0.25, 0.3) is 0 Å². The molecule has 15 heavy (non-hydrogen) atoms. The van der Waals surface area contributed by atoms with Crippen molar-refractivity contribution in [2.45, 2.75) is 44.6 Å². The number of aliphatic carboxylic acids is 1. The molecule has 0 aromatic carbocycles. The summed E-state index contributed by atoms with van der Waals surface area (Å²) in [7, 11) is 0. The van der Waals surface area contributed by atoms with Crippen molar-refractivity contribution in [1.29, 1.82) is 0 Å². The van der Waals surface area contributed by atoms with Crippen LogP contribution in [0.2, 0.25) is 0 Å². The summed E-state index contributed by atoms with van der Waals surface area (Å²) in [4.78, 5) is 21.5. The normalized spacial score (nSPS) is 16.9. The third-order valence-electron chi connectivity index (χ3n) is 2.76. The van der Waals surface area contributed by atoms with Crippen molar-refractivity contribution in [3.05, 3.63) is 0 Å². The molecule has 0 heterocycles. The van der Waals surface area contributed by atoms with Gasteiger partial charge in [-0.3, -0.25) is 4.79 Å². The Morgan fingerprint density at radius 2 is 2.07 bits per heavy atom. The molecule has 1 aliphatic carbocycles. The number of hydrogen-bond donors (Lipinski definition) is 3. The minimum Gasteiger partial charge on any atom is -0.481 e. The summed E-state index contributed by atoms with van der Waals surface area (Å²) in [6.45, 7) is 2.47. The van der Waals surface area contributed by atoms with Gasteiger partial charge in [-0.1, -0.05) is 6.92 Å². The maximum Gasteiger partial charge on any atom is 0.315 e. The van der Waals surface area contributed by atoms with E-state index in [0.29, 0.717) is 13.0 Å². The van der Waals surface area contributed by atoms with Crippen molar-refractivity contribution >= 4 is 12.0 Å². The van der Waals surface area contributed by atoms with E-state index in [0.717, 1.165) is 19.3 Å². The van der Waals surface area contributed by atoms with Crippen LogP contribution in [-0.4, -0.2) is 29.2 Å². The van der Waals surface area contributed by atoms with Gasteiger partial charge < -0.3 is 15.7 Å². The van der Waals surface area contributed by atoms with Crippen LogP contribution in [0.4, 0.5) is 4.79 Å². The number of amides is 2. The smallest absolute Gasteiger partial charge is 0.315 e. The molecule has 0 atom stereocenters. The number of rotatable bonds is 6. The maximum absolute atomic E-state index is 11.3. The second-order valence-electron chi connectivity index (χ2n) is 4.01. The van der Waals surface area contributed by atoms with E-state index < -0.39 is 5.97 Å². The van der Waals surface area contributed by atoms with Crippen molar-refractivity contribution in [3.63, 3.8) is 0 Å². The van der Waals surface area contributed by atoms with E-state index >= 15 is 0 Å². The van der Waals surface area contributed by atoms with Crippen LogP contribution in [0, 0.1) is 0 Å². The molecule has 0 unspecified atom stereocenters. The summed E-state index contributed by atoms with van der Waals surface area (Å²) in [5, 5.41) is 13.9. The number of urea groups is 1. The lowest BCUT2D eigenvalue weighted by molar-refractivity contribution is -0.137. The number of hydrogen-bond acceptors (Lipinski definition) is 2. The Balaban J connectivity index is 2.06. The molecule has 1 fully saturated rings. The first-order valence-corrected chi connectivity index (χ1v) is 5.36. The fourth-order valence-corrected chi connectivity index (χ4v) is 1.44. The molecule has 3 N–H and O–H groups in total. The van der Waals surface area contributed by atoms with Gasteiger partial charge in [-0.2, -0.15) is 0 Å². The molecule has 0 saturated heterocycles. The molecule has 0 bridgehead atoms. The van der Waals surface area contributed by atoms with Gasteiger partial charge in [0.25, 0.3) is 0 Å². The highest BCUT2D eigenvalue weighted by molar-refractivity contribution is 5.75. The molecule has 5 heteroatoms. The Morgan fingerprint density at radius 1 is 1.40 bits per heavy atom. The lowest BCUT2D eigenvalue weighted by atomic mass is 10.2. The summed E-state index contributed by atoms with van der Waals surface area (Å²) in [5.74, 6) is -0.829. The van der Waals surface area contributed by atoms with Crippen molar-refractivity contribution in [2.75, 3.05) is 6.54 Å². The molecular formula is C10H18N2O3. The van der Waals surface area contributed by atoms with Gasteiger partial charge in [0.15, 0.2) is 0 Å². The molecule has 0 aromatic heterocycles. The predicted molar refractivity (Wildman–Crippen MR) is 55.7 cm³/mol. The molecule has 1 aliphatic rings. The van der Waals surface area contributed by atoms with Crippen molar-refractivity contribution in [2.24, 2.45) is 0 Å². The van der Waals surface area contributed by atoms with Crippen molar-refractivity contribution in [3.8, 4) is 0 Å². The zero-order chi connectivity index (χ0) is 11.3. The van der Waals surface area contributed by atoms with Gasteiger partial charge in [-0.05, 0) is 25.7 Å². The first-order valence-electron chi connectivity index (χ1n) is 5.36. The van der Waals surface area contributed by atoms with Gasteiger partial charge in [0.05, 0.1) is 0 Å². The molecule has 86 valence electrons. The molecule has 1 saturated carbocycles. The minimum atomic E-state index is -0.829. The van der Waals surface area contributed by atoms with Gasteiger partial charge in [0, 0.05) is 18.5 Å². The fourth-order valence-electron chi connectivity index (χ4n) is 1.44.